The van der Waals surface area contributed by atoms with Crippen LogP contribution in [0.4, 0.5) is 0 Å². The molecule has 1 aromatic carbocycles. The summed E-state index contributed by atoms with van der Waals surface area (Å²) in [6.45, 7) is -1.24. The number of hydrogen-bond donors (Lipinski definition) is 8. The number of ether oxygens (including phenoxy) is 4. The van der Waals surface area contributed by atoms with E-state index in [4.69, 9.17) is 24.1 Å². The van der Waals surface area contributed by atoms with Gasteiger partial charge in [-0.25, -0.2) is 0 Å². The first-order valence-electron chi connectivity index (χ1n) is 9.75. The number of aliphatic hydroxyl groups excluding tert-OH is 8. The molecule has 12 heteroatoms. The second-order valence-corrected chi connectivity index (χ2v) is 7.47. The van der Waals surface area contributed by atoms with Gasteiger partial charge in [0.1, 0.15) is 54.6 Å². The van der Waals surface area contributed by atoms with Crippen molar-refractivity contribution in [3.63, 3.8) is 0 Å². The topological polar surface area (TPSA) is 199 Å². The lowest BCUT2D eigenvalue weighted by Gasteiger charge is -2.42. The van der Waals surface area contributed by atoms with E-state index >= 15 is 0 Å². The van der Waals surface area contributed by atoms with Gasteiger partial charge in [0.15, 0.2) is 6.29 Å². The summed E-state index contributed by atoms with van der Waals surface area (Å²) in [5.74, 6) is 0.276. The second-order valence-electron chi connectivity index (χ2n) is 7.47. The van der Waals surface area contributed by atoms with Gasteiger partial charge in [-0.2, -0.15) is 0 Å². The van der Waals surface area contributed by atoms with Crippen molar-refractivity contribution < 1.29 is 59.8 Å². The lowest BCUT2D eigenvalue weighted by Crippen LogP contribution is -2.62. The fourth-order valence-corrected chi connectivity index (χ4v) is 3.35. The molecule has 176 valence electrons. The molecule has 2 saturated heterocycles. The molecule has 31 heavy (non-hydrogen) atoms. The summed E-state index contributed by atoms with van der Waals surface area (Å²) in [4.78, 5) is 0. The van der Waals surface area contributed by atoms with E-state index in [2.05, 4.69) is 0 Å². The van der Waals surface area contributed by atoms with Crippen molar-refractivity contribution in [1.82, 2.24) is 0 Å². The first-order chi connectivity index (χ1) is 14.8. The molecule has 2 heterocycles. The Hall–Kier alpha value is -1.42. The van der Waals surface area contributed by atoms with Crippen LogP contribution in [0.5, 0.6) is 5.75 Å². The monoisotopic (exact) mass is 448 g/mol. The van der Waals surface area contributed by atoms with Gasteiger partial charge in [-0.15, -0.1) is 0 Å². The maximum atomic E-state index is 10.2. The lowest BCUT2D eigenvalue weighted by atomic mass is 9.98. The Kier molecular flexibility index (Phi) is 8.18. The van der Waals surface area contributed by atoms with Crippen LogP contribution in [0.2, 0.25) is 0 Å². The maximum Gasteiger partial charge on any atom is 0.229 e. The molecule has 8 N–H and O–H groups in total. The number of aliphatic hydroxyl groups is 8. The quantitative estimate of drug-likeness (QED) is 0.203. The Morgan fingerprint density at radius 2 is 1.23 bits per heavy atom. The summed E-state index contributed by atoms with van der Waals surface area (Å²) in [5, 5.41) is 78.5. The number of rotatable bonds is 7. The third kappa shape index (κ3) is 5.32. The van der Waals surface area contributed by atoms with Gasteiger partial charge < -0.3 is 59.8 Å². The van der Waals surface area contributed by atoms with Crippen molar-refractivity contribution in [2.24, 2.45) is 0 Å². The van der Waals surface area contributed by atoms with E-state index in [0.717, 1.165) is 0 Å². The molecule has 0 radical (unpaired) electrons. The highest BCUT2D eigenvalue weighted by Crippen LogP contribution is 2.27. The van der Waals surface area contributed by atoms with Crippen LogP contribution in [-0.2, 0) is 20.8 Å². The molecule has 0 aliphatic carbocycles. The van der Waals surface area contributed by atoms with E-state index in [9.17, 15) is 35.7 Å². The van der Waals surface area contributed by atoms with E-state index in [-0.39, 0.29) is 12.4 Å². The van der Waals surface area contributed by atoms with Gasteiger partial charge >= 0.3 is 0 Å². The van der Waals surface area contributed by atoms with E-state index < -0.39 is 74.6 Å². The van der Waals surface area contributed by atoms with Crippen molar-refractivity contribution >= 4 is 0 Å². The summed E-state index contributed by atoms with van der Waals surface area (Å²) in [7, 11) is 0. The maximum absolute atomic E-state index is 10.2. The van der Waals surface area contributed by atoms with Crippen molar-refractivity contribution in [3.05, 3.63) is 29.8 Å². The first kappa shape index (κ1) is 24.2. The molecule has 0 aromatic heterocycles. The highest BCUT2D eigenvalue weighted by Gasteiger charge is 2.47. The molecule has 3 rings (SSSR count). The molecule has 2 aliphatic rings. The third-order valence-electron chi connectivity index (χ3n) is 5.30. The molecule has 0 saturated carbocycles. The Morgan fingerprint density at radius 3 is 1.81 bits per heavy atom. The fraction of sp³-hybridized carbons (Fsp3) is 0.684. The van der Waals surface area contributed by atoms with Gasteiger partial charge in [0.25, 0.3) is 0 Å². The Morgan fingerprint density at radius 1 is 0.677 bits per heavy atom. The zero-order chi connectivity index (χ0) is 22.7. The molecular formula is C19H28O12. The predicted molar refractivity (Wildman–Crippen MR) is 99.4 cm³/mol. The minimum Gasteiger partial charge on any atom is -0.462 e. The average Bonchev–Trinajstić information content (AvgIpc) is 2.78. The summed E-state index contributed by atoms with van der Waals surface area (Å²) in [6.07, 6.45) is -14.9. The molecule has 12 nitrogen and oxygen atoms in total. The van der Waals surface area contributed by atoms with E-state index in [1.165, 1.54) is 12.1 Å². The molecule has 2 aliphatic heterocycles. The van der Waals surface area contributed by atoms with Crippen LogP contribution in [0.25, 0.3) is 0 Å². The van der Waals surface area contributed by atoms with Gasteiger partial charge in [-0.3, -0.25) is 0 Å². The number of hydrogen-bond acceptors (Lipinski definition) is 12. The Balaban J connectivity index is 1.63. The smallest absolute Gasteiger partial charge is 0.229 e. The highest BCUT2D eigenvalue weighted by atomic mass is 16.7. The van der Waals surface area contributed by atoms with E-state index in [0.29, 0.717) is 5.56 Å². The molecule has 10 atom stereocenters. The molecule has 0 amide bonds. The van der Waals surface area contributed by atoms with Crippen LogP contribution in [0, 0.1) is 0 Å². The SMILES string of the molecule is OCc1ccc(O[C@@H]2O[C@H](CO[C@H]3O[C@H](CO)[C@@H](O)[C@H](O)[C@H]3O)[C@@H](O)[C@H](O)[C@H]2O)cc1. The van der Waals surface area contributed by atoms with Crippen LogP contribution in [-0.4, -0.2) is 115 Å². The molecular weight excluding hydrogens is 420 g/mol. The predicted octanol–water partition coefficient (Wildman–Crippen LogP) is -3.82. The van der Waals surface area contributed by atoms with Crippen molar-refractivity contribution in [1.29, 1.82) is 0 Å². The summed E-state index contributed by atoms with van der Waals surface area (Å²) in [6, 6.07) is 6.24. The zero-order valence-corrected chi connectivity index (χ0v) is 16.4. The highest BCUT2D eigenvalue weighted by molar-refractivity contribution is 5.27. The van der Waals surface area contributed by atoms with Crippen LogP contribution in [0.3, 0.4) is 0 Å². The second kappa shape index (κ2) is 10.5. The van der Waals surface area contributed by atoms with Gasteiger partial charge in [0.05, 0.1) is 19.8 Å². The Labute approximate surface area is 177 Å². The van der Waals surface area contributed by atoms with Crippen LogP contribution in [0.15, 0.2) is 24.3 Å². The summed E-state index contributed by atoms with van der Waals surface area (Å²) >= 11 is 0. The van der Waals surface area contributed by atoms with Gasteiger partial charge in [0, 0.05) is 0 Å². The van der Waals surface area contributed by atoms with Gasteiger partial charge in [0.2, 0.25) is 6.29 Å². The molecule has 0 spiro atoms. The zero-order valence-electron chi connectivity index (χ0n) is 16.4. The van der Waals surface area contributed by atoms with E-state index in [1.54, 1.807) is 12.1 Å². The third-order valence-corrected chi connectivity index (χ3v) is 5.30. The van der Waals surface area contributed by atoms with Gasteiger partial charge in [-0.05, 0) is 17.7 Å². The Bertz CT molecular complexity index is 685. The normalized spacial score (nSPS) is 41.2. The molecule has 0 unspecified atom stereocenters. The van der Waals surface area contributed by atoms with Crippen LogP contribution in [0.1, 0.15) is 5.56 Å². The van der Waals surface area contributed by atoms with Crippen molar-refractivity contribution in [2.45, 2.75) is 68.0 Å². The summed E-state index contributed by atoms with van der Waals surface area (Å²) in [5.41, 5.74) is 0.638. The minimum atomic E-state index is -1.65. The van der Waals surface area contributed by atoms with Crippen molar-refractivity contribution in [2.75, 3.05) is 13.2 Å². The lowest BCUT2D eigenvalue weighted by molar-refractivity contribution is -0.323. The standard InChI is InChI=1S/C19H28O12/c20-5-8-1-3-9(4-2-8)29-19-17(27)15(25)13(23)11(31-19)7-28-18-16(26)14(24)12(22)10(6-21)30-18/h1-4,10-27H,5-7H2/t10-,11-,12-,13-,14+,15+,16-,17-,18+,19-/m1/s1. The largest absolute Gasteiger partial charge is 0.462 e. The first-order valence-corrected chi connectivity index (χ1v) is 9.75. The van der Waals surface area contributed by atoms with E-state index in [1.807, 2.05) is 0 Å². The van der Waals surface area contributed by atoms with Gasteiger partial charge in [-0.1, -0.05) is 12.1 Å². The molecule has 0 bridgehead atoms. The minimum absolute atomic E-state index is 0.162. The summed E-state index contributed by atoms with van der Waals surface area (Å²) < 4.78 is 21.6. The number of benzene rings is 1. The average molecular weight is 448 g/mol. The van der Waals surface area contributed by atoms with Crippen molar-refractivity contribution in [3.8, 4) is 5.75 Å². The van der Waals surface area contributed by atoms with Crippen LogP contribution >= 0.6 is 0 Å². The molecule has 2 fully saturated rings. The molecule has 1 aromatic rings. The fourth-order valence-electron chi connectivity index (χ4n) is 3.35. The van der Waals surface area contributed by atoms with Crippen LogP contribution < -0.4 is 4.74 Å².